The molecule has 1 saturated heterocycles. The van der Waals surface area contributed by atoms with E-state index < -0.39 is 0 Å². The average Bonchev–Trinajstić information content (AvgIpc) is 2.38. The number of nitrogens with zero attached hydrogens (tertiary/aromatic N) is 1. The standard InChI is InChI=1S/C16H22ClNO2/c1-12(2)20-16(19)14-6-8-18(9-7-14)11-13-4-3-5-15(17)10-13/h3-5,10,12,14H,6-9,11H2,1-2H3. The van der Waals surface area contributed by atoms with Gasteiger partial charge < -0.3 is 4.74 Å². The van der Waals surface area contributed by atoms with E-state index in [1.807, 2.05) is 32.0 Å². The van der Waals surface area contributed by atoms with Crippen LogP contribution >= 0.6 is 11.6 Å². The van der Waals surface area contributed by atoms with Crippen molar-refractivity contribution in [3.8, 4) is 0 Å². The van der Waals surface area contributed by atoms with Crippen LogP contribution in [0.1, 0.15) is 32.3 Å². The number of ether oxygens (including phenoxy) is 1. The van der Waals surface area contributed by atoms with E-state index in [2.05, 4.69) is 11.0 Å². The highest BCUT2D eigenvalue weighted by atomic mass is 35.5. The molecule has 0 radical (unpaired) electrons. The Hall–Kier alpha value is -1.06. The van der Waals surface area contributed by atoms with Gasteiger partial charge in [0.1, 0.15) is 0 Å². The first-order chi connectivity index (χ1) is 9.54. The van der Waals surface area contributed by atoms with Gasteiger partial charge in [-0.1, -0.05) is 23.7 Å². The maximum atomic E-state index is 11.9. The van der Waals surface area contributed by atoms with Gasteiger partial charge in [0, 0.05) is 11.6 Å². The van der Waals surface area contributed by atoms with Crippen molar-refractivity contribution in [2.24, 2.45) is 5.92 Å². The highest BCUT2D eigenvalue weighted by Gasteiger charge is 2.26. The highest BCUT2D eigenvalue weighted by Crippen LogP contribution is 2.21. The maximum Gasteiger partial charge on any atom is 0.309 e. The summed E-state index contributed by atoms with van der Waals surface area (Å²) >= 11 is 6.00. The van der Waals surface area contributed by atoms with E-state index in [0.717, 1.165) is 37.5 Å². The molecule has 0 aromatic heterocycles. The third-order valence-corrected chi connectivity index (χ3v) is 3.80. The fourth-order valence-electron chi connectivity index (χ4n) is 2.55. The quantitative estimate of drug-likeness (QED) is 0.796. The molecule has 1 heterocycles. The fourth-order valence-corrected chi connectivity index (χ4v) is 2.76. The van der Waals surface area contributed by atoms with Crippen LogP contribution in [0.4, 0.5) is 0 Å². The van der Waals surface area contributed by atoms with Crippen molar-refractivity contribution in [3.63, 3.8) is 0 Å². The highest BCUT2D eigenvalue weighted by molar-refractivity contribution is 6.30. The van der Waals surface area contributed by atoms with Crippen LogP contribution in [0.25, 0.3) is 0 Å². The Morgan fingerprint density at radius 2 is 2.10 bits per heavy atom. The molecular formula is C16H22ClNO2. The zero-order chi connectivity index (χ0) is 14.5. The summed E-state index contributed by atoms with van der Waals surface area (Å²) < 4.78 is 5.28. The molecule has 0 atom stereocenters. The number of carbonyl (C=O) groups is 1. The van der Waals surface area contributed by atoms with Crippen molar-refractivity contribution in [2.75, 3.05) is 13.1 Å². The van der Waals surface area contributed by atoms with Crippen LogP contribution in [-0.2, 0) is 16.1 Å². The van der Waals surface area contributed by atoms with Gasteiger partial charge in [-0.25, -0.2) is 0 Å². The van der Waals surface area contributed by atoms with Crippen molar-refractivity contribution < 1.29 is 9.53 Å². The lowest BCUT2D eigenvalue weighted by molar-refractivity contribution is -0.154. The monoisotopic (exact) mass is 295 g/mol. The number of carbonyl (C=O) groups excluding carboxylic acids is 1. The molecule has 0 bridgehead atoms. The molecule has 0 amide bonds. The summed E-state index contributed by atoms with van der Waals surface area (Å²) in [5, 5.41) is 0.776. The van der Waals surface area contributed by atoms with Gasteiger partial charge in [-0.05, 0) is 57.5 Å². The second-order valence-electron chi connectivity index (χ2n) is 5.67. The third kappa shape index (κ3) is 4.50. The van der Waals surface area contributed by atoms with Crippen LogP contribution in [0.15, 0.2) is 24.3 Å². The molecule has 1 aromatic carbocycles. The molecule has 20 heavy (non-hydrogen) atoms. The van der Waals surface area contributed by atoms with Gasteiger partial charge in [-0.3, -0.25) is 9.69 Å². The topological polar surface area (TPSA) is 29.5 Å². The van der Waals surface area contributed by atoms with E-state index in [9.17, 15) is 4.79 Å². The van der Waals surface area contributed by atoms with Crippen LogP contribution in [0.3, 0.4) is 0 Å². The van der Waals surface area contributed by atoms with Gasteiger partial charge in [0.05, 0.1) is 12.0 Å². The predicted molar refractivity (Wildman–Crippen MR) is 80.7 cm³/mol. The summed E-state index contributed by atoms with van der Waals surface area (Å²) in [5.74, 6) is 0.0235. The summed E-state index contributed by atoms with van der Waals surface area (Å²) in [5.41, 5.74) is 1.22. The minimum absolute atomic E-state index is 0.0213. The van der Waals surface area contributed by atoms with Crippen LogP contribution in [0.5, 0.6) is 0 Å². The first-order valence-electron chi connectivity index (χ1n) is 7.22. The first kappa shape index (κ1) is 15.3. The Labute approximate surface area is 125 Å². The third-order valence-electron chi connectivity index (χ3n) is 3.57. The molecular weight excluding hydrogens is 274 g/mol. The Balaban J connectivity index is 1.81. The SMILES string of the molecule is CC(C)OC(=O)C1CCN(Cc2cccc(Cl)c2)CC1. The number of likely N-dealkylation sites (tertiary alicyclic amines) is 1. The number of esters is 1. The van der Waals surface area contributed by atoms with Gasteiger partial charge in [0.25, 0.3) is 0 Å². The van der Waals surface area contributed by atoms with Gasteiger partial charge in [-0.2, -0.15) is 0 Å². The van der Waals surface area contributed by atoms with Crippen molar-refractivity contribution in [1.29, 1.82) is 0 Å². The second-order valence-corrected chi connectivity index (χ2v) is 6.10. The zero-order valence-electron chi connectivity index (χ0n) is 12.1. The Morgan fingerprint density at radius 3 is 2.70 bits per heavy atom. The average molecular weight is 296 g/mol. The van der Waals surface area contributed by atoms with Gasteiger partial charge in [-0.15, -0.1) is 0 Å². The van der Waals surface area contributed by atoms with E-state index in [4.69, 9.17) is 16.3 Å². The number of rotatable bonds is 4. The van der Waals surface area contributed by atoms with Crippen molar-refractivity contribution >= 4 is 17.6 Å². The second kappa shape index (κ2) is 7.09. The van der Waals surface area contributed by atoms with E-state index in [0.29, 0.717) is 0 Å². The minimum atomic E-state index is -0.0394. The molecule has 4 heteroatoms. The normalized spacial score (nSPS) is 17.4. The molecule has 0 saturated carbocycles. The summed E-state index contributed by atoms with van der Waals surface area (Å²) in [6.07, 6.45) is 1.74. The number of hydrogen-bond acceptors (Lipinski definition) is 3. The summed E-state index contributed by atoms with van der Waals surface area (Å²) in [6.45, 7) is 6.56. The number of benzene rings is 1. The number of halogens is 1. The van der Waals surface area contributed by atoms with Crippen molar-refractivity contribution in [3.05, 3.63) is 34.9 Å². The van der Waals surface area contributed by atoms with Crippen LogP contribution in [-0.4, -0.2) is 30.1 Å². The largest absolute Gasteiger partial charge is 0.463 e. The minimum Gasteiger partial charge on any atom is -0.463 e. The molecule has 0 aliphatic carbocycles. The Bertz CT molecular complexity index is 454. The summed E-state index contributed by atoms with van der Waals surface area (Å²) in [6, 6.07) is 7.95. The van der Waals surface area contributed by atoms with E-state index in [1.165, 1.54) is 5.56 Å². The summed E-state index contributed by atoms with van der Waals surface area (Å²) in [4.78, 5) is 14.2. The molecule has 0 unspecified atom stereocenters. The number of piperidine rings is 1. The number of hydrogen-bond donors (Lipinski definition) is 0. The van der Waals surface area contributed by atoms with E-state index >= 15 is 0 Å². The zero-order valence-corrected chi connectivity index (χ0v) is 12.9. The lowest BCUT2D eigenvalue weighted by atomic mass is 9.96. The Morgan fingerprint density at radius 1 is 1.40 bits per heavy atom. The molecule has 1 fully saturated rings. The fraction of sp³-hybridized carbons (Fsp3) is 0.562. The molecule has 110 valence electrons. The lowest BCUT2D eigenvalue weighted by Crippen LogP contribution is -2.37. The molecule has 0 spiro atoms. The molecule has 3 nitrogen and oxygen atoms in total. The smallest absolute Gasteiger partial charge is 0.309 e. The maximum absolute atomic E-state index is 11.9. The van der Waals surface area contributed by atoms with Crippen LogP contribution < -0.4 is 0 Å². The molecule has 0 N–H and O–H groups in total. The molecule has 1 aromatic rings. The van der Waals surface area contributed by atoms with Gasteiger partial charge in [0.15, 0.2) is 0 Å². The van der Waals surface area contributed by atoms with Crippen LogP contribution in [0.2, 0.25) is 5.02 Å². The lowest BCUT2D eigenvalue weighted by Gasteiger charge is -2.31. The van der Waals surface area contributed by atoms with Crippen molar-refractivity contribution in [2.45, 2.75) is 39.3 Å². The molecule has 1 aliphatic heterocycles. The van der Waals surface area contributed by atoms with E-state index in [-0.39, 0.29) is 18.0 Å². The molecule has 1 aliphatic rings. The molecule has 2 rings (SSSR count). The van der Waals surface area contributed by atoms with Gasteiger partial charge in [0.2, 0.25) is 0 Å². The predicted octanol–water partition coefficient (Wildman–Crippen LogP) is 3.50. The van der Waals surface area contributed by atoms with Gasteiger partial charge >= 0.3 is 5.97 Å². The van der Waals surface area contributed by atoms with Crippen LogP contribution in [0, 0.1) is 5.92 Å². The van der Waals surface area contributed by atoms with E-state index in [1.54, 1.807) is 0 Å². The van der Waals surface area contributed by atoms with Crippen molar-refractivity contribution in [1.82, 2.24) is 4.90 Å². The Kier molecular flexibility index (Phi) is 5.44. The first-order valence-corrected chi connectivity index (χ1v) is 7.59. The summed E-state index contributed by atoms with van der Waals surface area (Å²) in [7, 11) is 0.